The molecular formula is C19H25N7O2S. The first-order valence-electron chi connectivity index (χ1n) is 10.2. The second-order valence-corrected chi connectivity index (χ2v) is 8.78. The van der Waals surface area contributed by atoms with Crippen LogP contribution < -0.4 is 10.2 Å². The van der Waals surface area contributed by atoms with E-state index in [1.165, 1.54) is 4.88 Å². The van der Waals surface area contributed by atoms with Crippen LogP contribution in [-0.2, 0) is 6.54 Å². The topological polar surface area (TPSA) is 103 Å². The number of likely N-dealkylation sites (tertiary alicyclic amines) is 1. The van der Waals surface area contributed by atoms with Crippen molar-refractivity contribution < 1.29 is 9.74 Å². The zero-order chi connectivity index (χ0) is 19.6. The van der Waals surface area contributed by atoms with Crippen LogP contribution in [0.1, 0.15) is 30.6 Å². The molecule has 10 heteroatoms. The molecule has 0 amide bonds. The first kappa shape index (κ1) is 18.7. The van der Waals surface area contributed by atoms with Crippen molar-refractivity contribution >= 4 is 34.3 Å². The predicted octanol–water partition coefficient (Wildman–Crippen LogP) is 2.11. The molecule has 154 valence electrons. The van der Waals surface area contributed by atoms with Crippen molar-refractivity contribution in [3.63, 3.8) is 0 Å². The average molecular weight is 416 g/mol. The van der Waals surface area contributed by atoms with Crippen molar-refractivity contribution in [3.05, 3.63) is 22.4 Å². The van der Waals surface area contributed by atoms with Gasteiger partial charge < -0.3 is 15.3 Å². The molecule has 29 heavy (non-hydrogen) atoms. The van der Waals surface area contributed by atoms with Gasteiger partial charge in [0.05, 0.1) is 12.6 Å². The van der Waals surface area contributed by atoms with E-state index in [1.54, 1.807) is 11.3 Å². The Kier molecular flexibility index (Phi) is 5.30. The Balaban J connectivity index is 1.32. The molecule has 0 saturated carbocycles. The molecule has 2 saturated heterocycles. The smallest absolute Gasteiger partial charge is 0.245 e. The Morgan fingerprint density at radius 2 is 1.97 bits per heavy atom. The fourth-order valence-corrected chi connectivity index (χ4v) is 4.95. The molecule has 0 aromatic carbocycles. The van der Waals surface area contributed by atoms with E-state index in [0.29, 0.717) is 29.7 Å². The molecule has 0 radical (unpaired) electrons. The molecule has 5 rings (SSSR count). The second kappa shape index (κ2) is 8.21. The summed E-state index contributed by atoms with van der Waals surface area (Å²) in [4.78, 5) is 15.3. The quantitative estimate of drug-likeness (QED) is 0.648. The van der Waals surface area contributed by atoms with Crippen LogP contribution in [-0.4, -0.2) is 68.6 Å². The highest BCUT2D eigenvalue weighted by atomic mass is 32.1. The van der Waals surface area contributed by atoms with Gasteiger partial charge in [0.1, 0.15) is 0 Å². The molecule has 5 heterocycles. The lowest BCUT2D eigenvalue weighted by atomic mass is 9.99. The molecule has 2 fully saturated rings. The Labute approximate surface area is 172 Å². The van der Waals surface area contributed by atoms with E-state index in [-0.39, 0.29) is 6.10 Å². The van der Waals surface area contributed by atoms with Gasteiger partial charge in [-0.15, -0.1) is 11.3 Å². The van der Waals surface area contributed by atoms with Gasteiger partial charge in [0.2, 0.25) is 11.3 Å². The molecule has 0 spiro atoms. The number of hydrogen-bond donors (Lipinski definition) is 2. The van der Waals surface area contributed by atoms with Crippen molar-refractivity contribution in [1.29, 1.82) is 0 Å². The average Bonchev–Trinajstić information content (AvgIpc) is 3.43. The van der Waals surface area contributed by atoms with Crippen LogP contribution in [0.25, 0.3) is 11.3 Å². The summed E-state index contributed by atoms with van der Waals surface area (Å²) in [6, 6.07) is 4.66. The maximum Gasteiger partial charge on any atom is 0.245 e. The Hall–Kier alpha value is -2.30. The van der Waals surface area contributed by atoms with Crippen LogP contribution >= 0.6 is 11.3 Å². The van der Waals surface area contributed by atoms with Gasteiger partial charge in [-0.2, -0.15) is 0 Å². The third-order valence-corrected chi connectivity index (χ3v) is 6.69. The van der Waals surface area contributed by atoms with Crippen LogP contribution in [0, 0.1) is 0 Å². The zero-order valence-electron chi connectivity index (χ0n) is 16.2. The summed E-state index contributed by atoms with van der Waals surface area (Å²) in [5, 5.41) is 23.2. The number of nitrogens with zero attached hydrogens (tertiary/aromatic N) is 6. The summed E-state index contributed by atoms with van der Waals surface area (Å²) >= 11 is 1.71. The molecule has 9 nitrogen and oxygen atoms in total. The largest absolute Gasteiger partial charge is 0.392 e. The minimum absolute atomic E-state index is 0.178. The number of thiophene rings is 1. The van der Waals surface area contributed by atoms with Gasteiger partial charge in [0.15, 0.2) is 11.6 Å². The normalized spacial score (nSPS) is 21.7. The Morgan fingerprint density at radius 3 is 2.72 bits per heavy atom. The molecule has 3 aromatic rings. The highest BCUT2D eigenvalue weighted by Gasteiger charge is 2.30. The minimum Gasteiger partial charge on any atom is -0.392 e. The van der Waals surface area contributed by atoms with Crippen LogP contribution in [0.2, 0.25) is 0 Å². The number of rotatable bonds is 5. The molecule has 3 aromatic heterocycles. The van der Waals surface area contributed by atoms with Crippen LogP contribution in [0.4, 0.5) is 11.6 Å². The van der Waals surface area contributed by atoms with E-state index in [1.807, 2.05) is 6.07 Å². The van der Waals surface area contributed by atoms with Gasteiger partial charge in [-0.1, -0.05) is 6.07 Å². The summed E-state index contributed by atoms with van der Waals surface area (Å²) in [7, 11) is 0. The van der Waals surface area contributed by atoms with Crippen molar-refractivity contribution in [1.82, 2.24) is 25.2 Å². The van der Waals surface area contributed by atoms with E-state index < -0.39 is 0 Å². The first-order chi connectivity index (χ1) is 14.3. The minimum atomic E-state index is -0.178. The number of fused-ring (bicyclic) bond motifs is 1. The number of nitrogens with one attached hydrogen (secondary N) is 1. The maximum atomic E-state index is 9.99. The lowest BCUT2D eigenvalue weighted by molar-refractivity contribution is 0.0398. The third-order valence-electron chi connectivity index (χ3n) is 5.81. The van der Waals surface area contributed by atoms with Crippen LogP contribution in [0.3, 0.4) is 0 Å². The van der Waals surface area contributed by atoms with Crippen molar-refractivity contribution in [2.75, 3.05) is 36.4 Å². The lowest BCUT2D eigenvalue weighted by Gasteiger charge is -2.41. The standard InChI is InChI=1S/C19H25N7O2S/c27-14-3-1-7-26(12-14)13-5-8-25(9-6-13)19-18(20-11-15-4-2-10-29-15)21-16-17(22-19)24-28-23-16/h2,4,10,13-14,27H,1,3,5-9,11-12H2,(H,20,21,23)/t14-/m1/s1. The van der Waals surface area contributed by atoms with E-state index in [0.717, 1.165) is 57.7 Å². The van der Waals surface area contributed by atoms with E-state index >= 15 is 0 Å². The maximum absolute atomic E-state index is 9.99. The monoisotopic (exact) mass is 415 g/mol. The Morgan fingerprint density at radius 1 is 1.14 bits per heavy atom. The number of aliphatic hydroxyl groups excluding tert-OH is 1. The lowest BCUT2D eigenvalue weighted by Crippen LogP contribution is -2.49. The van der Waals surface area contributed by atoms with E-state index in [2.05, 4.69) is 41.9 Å². The summed E-state index contributed by atoms with van der Waals surface area (Å²) in [6.45, 7) is 4.38. The number of hydrogen-bond acceptors (Lipinski definition) is 10. The third kappa shape index (κ3) is 4.05. The van der Waals surface area contributed by atoms with Gasteiger partial charge in [0, 0.05) is 30.6 Å². The number of aromatic nitrogens is 4. The first-order valence-corrected chi connectivity index (χ1v) is 11.1. The summed E-state index contributed by atoms with van der Waals surface area (Å²) in [5.74, 6) is 1.52. The van der Waals surface area contributed by atoms with Crippen molar-refractivity contribution in [3.8, 4) is 0 Å². The van der Waals surface area contributed by atoms with Gasteiger partial charge in [0.25, 0.3) is 0 Å². The van der Waals surface area contributed by atoms with Gasteiger partial charge >= 0.3 is 0 Å². The molecule has 0 bridgehead atoms. The van der Waals surface area contributed by atoms with Crippen LogP contribution in [0.5, 0.6) is 0 Å². The highest BCUT2D eigenvalue weighted by molar-refractivity contribution is 7.09. The molecule has 2 aliphatic heterocycles. The van der Waals surface area contributed by atoms with E-state index in [4.69, 9.17) is 9.61 Å². The summed E-state index contributed by atoms with van der Waals surface area (Å²) in [6.07, 6.45) is 3.93. The summed E-state index contributed by atoms with van der Waals surface area (Å²) in [5.41, 5.74) is 0.850. The predicted molar refractivity (Wildman–Crippen MR) is 111 cm³/mol. The van der Waals surface area contributed by atoms with E-state index in [9.17, 15) is 5.11 Å². The Bertz CT molecular complexity index is 939. The van der Waals surface area contributed by atoms with Gasteiger partial charge in [-0.25, -0.2) is 14.6 Å². The molecule has 2 N–H and O–H groups in total. The summed E-state index contributed by atoms with van der Waals surface area (Å²) < 4.78 is 4.82. The highest BCUT2D eigenvalue weighted by Crippen LogP contribution is 2.29. The van der Waals surface area contributed by atoms with Crippen molar-refractivity contribution in [2.24, 2.45) is 0 Å². The number of piperidine rings is 2. The second-order valence-electron chi connectivity index (χ2n) is 7.75. The molecule has 0 unspecified atom stereocenters. The number of aliphatic hydroxyl groups is 1. The SMILES string of the molecule is O[C@@H]1CCCN(C2CCN(c3nc4nonc4nc3NCc3cccs3)CC2)C1. The van der Waals surface area contributed by atoms with Crippen molar-refractivity contribution in [2.45, 2.75) is 44.4 Å². The van der Waals surface area contributed by atoms with Gasteiger partial charge in [-0.3, -0.25) is 4.90 Å². The molecule has 2 aliphatic rings. The number of β-amino-alcohol motifs (C(OH)–C–C–N with tert-alkyl or cyclic N) is 1. The molecule has 0 aliphatic carbocycles. The van der Waals surface area contributed by atoms with Crippen LogP contribution in [0.15, 0.2) is 22.1 Å². The fraction of sp³-hybridized carbons (Fsp3) is 0.579. The van der Waals surface area contributed by atoms with Gasteiger partial charge in [-0.05, 0) is 54.0 Å². The molecular weight excluding hydrogens is 390 g/mol. The fourth-order valence-electron chi connectivity index (χ4n) is 4.31. The molecule has 1 atom stereocenters. The zero-order valence-corrected chi connectivity index (χ0v) is 17.0. The number of anilines is 2.